The van der Waals surface area contributed by atoms with Crippen molar-refractivity contribution in [3.8, 4) is 0 Å². The molecule has 2 rings (SSSR count). The van der Waals surface area contributed by atoms with Gasteiger partial charge in [-0.25, -0.2) is 0 Å². The summed E-state index contributed by atoms with van der Waals surface area (Å²) in [5.41, 5.74) is 0. The Kier molecular flexibility index (Phi) is 1.73. The van der Waals surface area contributed by atoms with Crippen LogP contribution in [0, 0.1) is 11.8 Å². The van der Waals surface area contributed by atoms with Crippen LogP contribution in [0.5, 0.6) is 0 Å². The third-order valence-corrected chi connectivity index (χ3v) is 4.51. The molecule has 0 spiro atoms. The van der Waals surface area contributed by atoms with Crippen molar-refractivity contribution in [2.45, 2.75) is 15.4 Å². The van der Waals surface area contributed by atoms with Crippen LogP contribution in [0.2, 0.25) is 0 Å². The predicted molar refractivity (Wildman–Crippen MR) is 48.7 cm³/mol. The minimum atomic E-state index is -0.701. The van der Waals surface area contributed by atoms with Crippen LogP contribution >= 0.6 is 31.9 Å². The lowest BCUT2D eigenvalue weighted by Crippen LogP contribution is -2.29. The van der Waals surface area contributed by atoms with E-state index in [1.54, 1.807) is 6.08 Å². The molecule has 0 aromatic carbocycles. The molecule has 0 heterocycles. The number of hydrogen-bond acceptors (Lipinski definition) is 2. The van der Waals surface area contributed by atoms with Crippen molar-refractivity contribution >= 4 is 31.9 Å². The first-order valence-electron chi connectivity index (χ1n) is 3.47. The lowest BCUT2D eigenvalue weighted by molar-refractivity contribution is 0.0275. The fourth-order valence-corrected chi connectivity index (χ4v) is 3.34. The van der Waals surface area contributed by atoms with E-state index in [9.17, 15) is 10.2 Å². The maximum atomic E-state index is 9.46. The van der Waals surface area contributed by atoms with Gasteiger partial charge in [0.2, 0.25) is 0 Å². The predicted octanol–water partition coefficient (Wildman–Crippen LogP) is 1.01. The highest BCUT2D eigenvalue weighted by Gasteiger charge is 2.65. The lowest BCUT2D eigenvalue weighted by Gasteiger charge is -2.16. The second kappa shape index (κ2) is 2.31. The standard InChI is InChI=1S/C7H8Br2O2/c8-7(9)3-1-2-4(10)6(11)5(3)7/h1-6,10-11H/t3-,4-,5-,6-/m1/s1. The molecule has 2 aliphatic rings. The summed E-state index contributed by atoms with van der Waals surface area (Å²) in [6, 6.07) is 0. The van der Waals surface area contributed by atoms with Crippen LogP contribution in [-0.2, 0) is 0 Å². The number of alkyl halides is 2. The average molecular weight is 284 g/mol. The highest BCUT2D eigenvalue weighted by atomic mass is 79.9. The van der Waals surface area contributed by atoms with Crippen molar-refractivity contribution < 1.29 is 10.2 Å². The van der Waals surface area contributed by atoms with E-state index in [2.05, 4.69) is 31.9 Å². The summed E-state index contributed by atoms with van der Waals surface area (Å²) < 4.78 is -0.173. The summed E-state index contributed by atoms with van der Waals surface area (Å²) in [4.78, 5) is 0. The maximum absolute atomic E-state index is 9.46. The molecule has 2 N–H and O–H groups in total. The van der Waals surface area contributed by atoms with Gasteiger partial charge in [-0.05, 0) is 0 Å². The first-order valence-corrected chi connectivity index (χ1v) is 5.06. The van der Waals surface area contributed by atoms with Gasteiger partial charge in [0.15, 0.2) is 0 Å². The highest BCUT2D eigenvalue weighted by molar-refractivity contribution is 9.25. The SMILES string of the molecule is O[C@H]1[C@H]2[C@@H](C=C[C@H]1O)C2(Br)Br. The number of fused-ring (bicyclic) bond motifs is 1. The molecule has 0 amide bonds. The van der Waals surface area contributed by atoms with Crippen molar-refractivity contribution in [2.24, 2.45) is 11.8 Å². The van der Waals surface area contributed by atoms with Crippen molar-refractivity contribution in [1.82, 2.24) is 0 Å². The molecule has 0 aromatic heterocycles. The van der Waals surface area contributed by atoms with Gasteiger partial charge in [-0.2, -0.15) is 0 Å². The van der Waals surface area contributed by atoms with Crippen LogP contribution < -0.4 is 0 Å². The van der Waals surface area contributed by atoms with Crippen LogP contribution in [-0.4, -0.2) is 25.7 Å². The zero-order chi connectivity index (χ0) is 8.22. The van der Waals surface area contributed by atoms with E-state index >= 15 is 0 Å². The van der Waals surface area contributed by atoms with Crippen molar-refractivity contribution in [2.75, 3.05) is 0 Å². The van der Waals surface area contributed by atoms with E-state index in [4.69, 9.17) is 0 Å². The lowest BCUT2D eigenvalue weighted by atomic mass is 10.0. The van der Waals surface area contributed by atoms with Gasteiger partial charge < -0.3 is 10.2 Å². The first kappa shape index (κ1) is 8.23. The fourth-order valence-electron chi connectivity index (χ4n) is 1.62. The Morgan fingerprint density at radius 2 is 1.82 bits per heavy atom. The summed E-state index contributed by atoms with van der Waals surface area (Å²) in [5, 5.41) is 18.7. The van der Waals surface area contributed by atoms with E-state index in [-0.39, 0.29) is 9.15 Å². The molecule has 4 atom stereocenters. The quantitative estimate of drug-likeness (QED) is 0.515. The minimum Gasteiger partial charge on any atom is -0.390 e. The van der Waals surface area contributed by atoms with Gasteiger partial charge in [-0.1, -0.05) is 44.0 Å². The van der Waals surface area contributed by atoms with Crippen molar-refractivity contribution in [3.05, 3.63) is 12.2 Å². The smallest absolute Gasteiger partial charge is 0.0983 e. The second-order valence-electron chi connectivity index (χ2n) is 3.09. The zero-order valence-electron chi connectivity index (χ0n) is 5.61. The summed E-state index contributed by atoms with van der Waals surface area (Å²) in [7, 11) is 0. The molecule has 0 unspecified atom stereocenters. The molecule has 4 heteroatoms. The number of aliphatic hydroxyl groups is 2. The van der Waals surface area contributed by atoms with Crippen LogP contribution in [0.3, 0.4) is 0 Å². The normalized spacial score (nSPS) is 52.0. The Hall–Kier alpha value is 0.620. The minimum absolute atomic E-state index is 0.113. The van der Waals surface area contributed by atoms with Crippen LogP contribution in [0.25, 0.3) is 0 Å². The van der Waals surface area contributed by atoms with Crippen LogP contribution in [0.4, 0.5) is 0 Å². The molecule has 0 aromatic rings. The van der Waals surface area contributed by atoms with Gasteiger partial charge in [-0.3, -0.25) is 0 Å². The molecule has 62 valence electrons. The molecule has 2 nitrogen and oxygen atoms in total. The Balaban J connectivity index is 2.23. The largest absolute Gasteiger partial charge is 0.390 e. The van der Waals surface area contributed by atoms with E-state index in [0.717, 1.165) is 0 Å². The van der Waals surface area contributed by atoms with Gasteiger partial charge in [0.05, 0.1) is 15.4 Å². The Morgan fingerprint density at radius 3 is 2.36 bits per heavy atom. The number of rotatable bonds is 0. The Morgan fingerprint density at radius 1 is 1.18 bits per heavy atom. The molecule has 0 saturated heterocycles. The Labute approximate surface area is 81.6 Å². The maximum Gasteiger partial charge on any atom is 0.0983 e. The first-order chi connectivity index (χ1) is 5.05. The van der Waals surface area contributed by atoms with E-state index in [0.29, 0.717) is 5.92 Å². The molecular formula is C7H8Br2O2. The molecule has 0 radical (unpaired) electrons. The van der Waals surface area contributed by atoms with Crippen molar-refractivity contribution in [1.29, 1.82) is 0 Å². The van der Waals surface area contributed by atoms with E-state index in [1.165, 1.54) is 0 Å². The molecule has 0 bridgehead atoms. The molecule has 1 fully saturated rings. The van der Waals surface area contributed by atoms with Gasteiger partial charge in [0, 0.05) is 11.8 Å². The Bertz CT molecular complexity index is 214. The molecule has 2 aliphatic carbocycles. The van der Waals surface area contributed by atoms with Gasteiger partial charge in [0.25, 0.3) is 0 Å². The van der Waals surface area contributed by atoms with Crippen LogP contribution in [0.1, 0.15) is 0 Å². The molecule has 1 saturated carbocycles. The molecule has 11 heavy (non-hydrogen) atoms. The van der Waals surface area contributed by atoms with Gasteiger partial charge >= 0.3 is 0 Å². The van der Waals surface area contributed by atoms with Crippen molar-refractivity contribution in [3.63, 3.8) is 0 Å². The number of aliphatic hydroxyl groups excluding tert-OH is 2. The average Bonchev–Trinajstić information content (AvgIpc) is 2.46. The van der Waals surface area contributed by atoms with Gasteiger partial charge in [0.1, 0.15) is 0 Å². The summed E-state index contributed by atoms with van der Waals surface area (Å²) in [5.74, 6) is 0.434. The molecule has 0 aliphatic heterocycles. The second-order valence-corrected chi connectivity index (χ2v) is 6.78. The van der Waals surface area contributed by atoms with Crippen LogP contribution in [0.15, 0.2) is 12.2 Å². The summed E-state index contributed by atoms with van der Waals surface area (Å²) >= 11 is 6.88. The number of halogens is 2. The highest BCUT2D eigenvalue weighted by Crippen LogP contribution is 2.65. The molecular weight excluding hydrogens is 276 g/mol. The summed E-state index contributed by atoms with van der Waals surface area (Å²) in [6.45, 7) is 0. The van der Waals surface area contributed by atoms with E-state index in [1.807, 2.05) is 6.08 Å². The number of allylic oxidation sites excluding steroid dienone is 1. The topological polar surface area (TPSA) is 40.5 Å². The summed E-state index contributed by atoms with van der Waals surface area (Å²) in [6.07, 6.45) is 2.25. The fraction of sp³-hybridized carbons (Fsp3) is 0.714. The third-order valence-electron chi connectivity index (χ3n) is 2.40. The van der Waals surface area contributed by atoms with Gasteiger partial charge in [-0.15, -0.1) is 0 Å². The van der Waals surface area contributed by atoms with E-state index < -0.39 is 12.2 Å². The third kappa shape index (κ3) is 1.03. The monoisotopic (exact) mass is 282 g/mol. The number of hydrogen-bond donors (Lipinski definition) is 2. The zero-order valence-corrected chi connectivity index (χ0v) is 8.79.